The van der Waals surface area contributed by atoms with Gasteiger partial charge in [-0.1, -0.05) is 27.7 Å². The minimum absolute atomic E-state index is 0.0372. The molecule has 0 aromatic rings. The van der Waals surface area contributed by atoms with Crippen LogP contribution in [-0.4, -0.2) is 36.4 Å². The van der Waals surface area contributed by atoms with E-state index in [1.54, 1.807) is 0 Å². The summed E-state index contributed by atoms with van der Waals surface area (Å²) >= 11 is 0. The summed E-state index contributed by atoms with van der Waals surface area (Å²) in [5, 5.41) is 21.0. The van der Waals surface area contributed by atoms with Crippen LogP contribution in [0.1, 0.15) is 54.9 Å². The lowest BCUT2D eigenvalue weighted by Gasteiger charge is -2.37. The second-order valence-electron chi connectivity index (χ2n) is 7.47. The number of hydrogen-bond acceptors (Lipinski definition) is 3. The smallest absolute Gasteiger partial charge is 0.303 e. The number of hydroxylamine groups is 2. The largest absolute Gasteiger partial charge is 0.634 e. The number of nitrogens with one attached hydrogen (secondary N) is 1. The molecule has 1 unspecified atom stereocenters. The van der Waals surface area contributed by atoms with E-state index < -0.39 is 11.4 Å². The van der Waals surface area contributed by atoms with E-state index in [2.05, 4.69) is 0 Å². The summed E-state index contributed by atoms with van der Waals surface area (Å²) in [5.74, 6) is -0.820. The molecule has 0 saturated heterocycles. The van der Waals surface area contributed by atoms with Crippen LogP contribution in [0.5, 0.6) is 0 Å². The molecule has 2 N–H and O–H groups in total. The summed E-state index contributed by atoms with van der Waals surface area (Å²) in [6.07, 6.45) is -0.105. The van der Waals surface area contributed by atoms with Crippen LogP contribution < -0.4 is 5.06 Å². The highest BCUT2D eigenvalue weighted by molar-refractivity contribution is 5.67. The van der Waals surface area contributed by atoms with Crippen LogP contribution in [0.4, 0.5) is 0 Å². The molecule has 0 amide bonds. The summed E-state index contributed by atoms with van der Waals surface area (Å²) < 4.78 is 5.84. The van der Waals surface area contributed by atoms with Crippen molar-refractivity contribution in [1.29, 1.82) is 0 Å². The molecule has 2 atom stereocenters. The number of rotatable bonds is 9. The van der Waals surface area contributed by atoms with E-state index >= 15 is 0 Å². The SMILES string of the molecule is CC(C)[NH+]([O-])CC(C)(C)CO[C@H](C)C(C)(C)CC(=O)O. The molecule has 20 heavy (non-hydrogen) atoms. The second kappa shape index (κ2) is 7.38. The zero-order valence-corrected chi connectivity index (χ0v) is 13.9. The van der Waals surface area contributed by atoms with E-state index in [-0.39, 0.29) is 29.0 Å². The monoisotopic (exact) mass is 289 g/mol. The van der Waals surface area contributed by atoms with Gasteiger partial charge in [-0.25, -0.2) is 0 Å². The van der Waals surface area contributed by atoms with Gasteiger partial charge in [0.25, 0.3) is 0 Å². The van der Waals surface area contributed by atoms with Crippen LogP contribution in [0.2, 0.25) is 0 Å². The molecule has 120 valence electrons. The van der Waals surface area contributed by atoms with Crippen molar-refractivity contribution < 1.29 is 19.7 Å². The van der Waals surface area contributed by atoms with Crippen molar-refractivity contribution in [3.8, 4) is 0 Å². The Hall–Kier alpha value is -0.650. The fraction of sp³-hybridized carbons (Fsp3) is 0.933. The van der Waals surface area contributed by atoms with Gasteiger partial charge in [-0.15, -0.1) is 0 Å². The van der Waals surface area contributed by atoms with Gasteiger partial charge in [0.05, 0.1) is 31.7 Å². The van der Waals surface area contributed by atoms with Crippen LogP contribution in [0.3, 0.4) is 0 Å². The highest BCUT2D eigenvalue weighted by atomic mass is 16.5. The van der Waals surface area contributed by atoms with Crippen molar-refractivity contribution in [3.05, 3.63) is 5.21 Å². The van der Waals surface area contributed by atoms with Crippen LogP contribution in [0, 0.1) is 16.0 Å². The van der Waals surface area contributed by atoms with Crippen LogP contribution >= 0.6 is 0 Å². The van der Waals surface area contributed by atoms with Gasteiger partial charge in [0.1, 0.15) is 0 Å². The minimum atomic E-state index is -0.820. The molecule has 0 aromatic carbocycles. The molecule has 0 rings (SSSR count). The standard InChI is InChI=1S/C15H31NO4/c1-11(2)16(19)9-14(4,5)10-20-12(3)15(6,7)8-13(17)18/h11-12,16H,8-10H2,1-7H3,(H,17,18)/t12-/m1/s1. The van der Waals surface area contributed by atoms with Crippen molar-refractivity contribution in [2.45, 2.75) is 67.0 Å². The Balaban J connectivity index is 4.41. The van der Waals surface area contributed by atoms with Crippen LogP contribution in [0.15, 0.2) is 0 Å². The Morgan fingerprint density at radius 1 is 1.25 bits per heavy atom. The molecule has 0 heterocycles. The lowest BCUT2D eigenvalue weighted by molar-refractivity contribution is -0.878. The number of aliphatic carboxylic acids is 1. The van der Waals surface area contributed by atoms with Crippen molar-refractivity contribution >= 4 is 5.97 Å². The van der Waals surface area contributed by atoms with Gasteiger partial charge in [0.2, 0.25) is 0 Å². The molecule has 0 bridgehead atoms. The van der Waals surface area contributed by atoms with E-state index in [0.29, 0.717) is 13.2 Å². The highest BCUT2D eigenvalue weighted by Gasteiger charge is 2.32. The number of quaternary nitrogens is 1. The summed E-state index contributed by atoms with van der Waals surface area (Å²) in [6.45, 7) is 14.4. The first-order chi connectivity index (χ1) is 8.87. The van der Waals surface area contributed by atoms with Crippen molar-refractivity contribution in [2.75, 3.05) is 13.2 Å². The zero-order chi connectivity index (χ0) is 16.1. The Morgan fingerprint density at radius 2 is 1.75 bits per heavy atom. The Labute approximate surface area is 122 Å². The fourth-order valence-corrected chi connectivity index (χ4v) is 1.84. The molecule has 0 saturated carbocycles. The maximum atomic E-state index is 11.8. The van der Waals surface area contributed by atoms with Crippen molar-refractivity contribution in [2.24, 2.45) is 10.8 Å². The van der Waals surface area contributed by atoms with Crippen LogP contribution in [-0.2, 0) is 9.53 Å². The van der Waals surface area contributed by atoms with Gasteiger partial charge in [-0.3, -0.25) is 4.79 Å². The highest BCUT2D eigenvalue weighted by Crippen LogP contribution is 2.28. The van der Waals surface area contributed by atoms with E-state index in [1.807, 2.05) is 48.5 Å². The molecule has 5 nitrogen and oxygen atoms in total. The molecule has 0 aliphatic heterocycles. The third-order valence-corrected chi connectivity index (χ3v) is 3.73. The van der Waals surface area contributed by atoms with Gasteiger partial charge >= 0.3 is 5.97 Å². The number of carboxylic acid groups (broad SMARTS) is 1. The molecule has 5 heteroatoms. The van der Waals surface area contributed by atoms with E-state index in [0.717, 1.165) is 0 Å². The molecular weight excluding hydrogens is 258 g/mol. The van der Waals surface area contributed by atoms with E-state index in [9.17, 15) is 10.0 Å². The van der Waals surface area contributed by atoms with Gasteiger partial charge in [0, 0.05) is 10.8 Å². The van der Waals surface area contributed by atoms with Gasteiger partial charge in [-0.05, 0) is 20.8 Å². The van der Waals surface area contributed by atoms with Gasteiger partial charge < -0.3 is 20.1 Å². The topological polar surface area (TPSA) is 74.0 Å². The second-order valence-corrected chi connectivity index (χ2v) is 7.47. The first kappa shape index (κ1) is 19.4. The number of carbonyl (C=O) groups is 1. The van der Waals surface area contributed by atoms with Gasteiger partial charge in [0.15, 0.2) is 0 Å². The normalized spacial score (nSPS) is 16.2. The summed E-state index contributed by atoms with van der Waals surface area (Å²) in [5.41, 5.74) is -0.654. The summed E-state index contributed by atoms with van der Waals surface area (Å²) in [6, 6.07) is 0.0372. The van der Waals surface area contributed by atoms with Crippen molar-refractivity contribution in [3.63, 3.8) is 0 Å². The molecule has 0 radical (unpaired) electrons. The lowest BCUT2D eigenvalue weighted by atomic mass is 9.83. The molecule has 0 aliphatic carbocycles. The number of ether oxygens (including phenoxy) is 1. The maximum Gasteiger partial charge on any atom is 0.303 e. The number of carboxylic acids is 1. The Morgan fingerprint density at radius 3 is 2.15 bits per heavy atom. The van der Waals surface area contributed by atoms with Crippen LogP contribution in [0.25, 0.3) is 0 Å². The van der Waals surface area contributed by atoms with E-state index in [1.165, 1.54) is 0 Å². The third kappa shape index (κ3) is 7.22. The summed E-state index contributed by atoms with van der Waals surface area (Å²) in [7, 11) is 0. The predicted octanol–water partition coefficient (Wildman–Crippen LogP) is 1.71. The first-order valence-corrected chi connectivity index (χ1v) is 7.23. The lowest BCUT2D eigenvalue weighted by Crippen LogP contribution is -3.11. The molecule has 0 fully saturated rings. The molecule has 0 aromatic heterocycles. The summed E-state index contributed by atoms with van der Waals surface area (Å²) in [4.78, 5) is 10.8. The molecule has 0 aliphatic rings. The minimum Gasteiger partial charge on any atom is -0.634 e. The maximum absolute atomic E-state index is 11.8. The fourth-order valence-electron chi connectivity index (χ4n) is 1.84. The molecule has 0 spiro atoms. The predicted molar refractivity (Wildman–Crippen MR) is 79.6 cm³/mol. The molecular formula is C15H31NO4. The zero-order valence-electron chi connectivity index (χ0n) is 13.9. The average Bonchev–Trinajstić information content (AvgIpc) is 2.23. The average molecular weight is 289 g/mol. The Bertz CT molecular complexity index is 313. The first-order valence-electron chi connectivity index (χ1n) is 7.23. The Kier molecular flexibility index (Phi) is 7.14. The third-order valence-electron chi connectivity index (χ3n) is 3.73. The number of hydrogen-bond donors (Lipinski definition) is 2. The quantitative estimate of drug-likeness (QED) is 0.634. The van der Waals surface area contributed by atoms with E-state index in [4.69, 9.17) is 9.84 Å². The van der Waals surface area contributed by atoms with Gasteiger partial charge in [-0.2, -0.15) is 0 Å². The van der Waals surface area contributed by atoms with Crippen molar-refractivity contribution in [1.82, 2.24) is 0 Å².